The zero-order chi connectivity index (χ0) is 26.9. The van der Waals surface area contributed by atoms with E-state index in [1.54, 1.807) is 0 Å². The molecule has 0 aliphatic rings. The van der Waals surface area contributed by atoms with Crippen molar-refractivity contribution in [2.75, 3.05) is 13.2 Å². The lowest BCUT2D eigenvalue weighted by molar-refractivity contribution is -0.152. The Morgan fingerprint density at radius 3 is 1.33 bits per heavy atom. The molecule has 0 aromatic rings. The van der Waals surface area contributed by atoms with E-state index in [0.29, 0.717) is 12.8 Å². The standard InChI is InChI=1S/C31H60O5/c1-5-28(4)22-18-14-11-12-16-20-24-31(34)36-26-29(32)25-35-30(33)23-19-15-10-8-6-7-9-13-17-21-27(2)3/h27-29,32H,5-26H2,1-4H3/t28?,29-/m1/s1. The largest absolute Gasteiger partial charge is 0.463 e. The number of rotatable bonds is 26. The summed E-state index contributed by atoms with van der Waals surface area (Å²) in [4.78, 5) is 23.7. The Hall–Kier alpha value is -1.10. The Labute approximate surface area is 223 Å². The van der Waals surface area contributed by atoms with Crippen LogP contribution in [0.2, 0.25) is 0 Å². The van der Waals surface area contributed by atoms with Crippen LogP contribution in [-0.4, -0.2) is 36.4 Å². The fourth-order valence-corrected chi connectivity index (χ4v) is 4.30. The third-order valence-electron chi connectivity index (χ3n) is 7.06. The van der Waals surface area contributed by atoms with Gasteiger partial charge in [-0.25, -0.2) is 0 Å². The molecule has 2 atom stereocenters. The molecule has 1 unspecified atom stereocenters. The fourth-order valence-electron chi connectivity index (χ4n) is 4.30. The van der Waals surface area contributed by atoms with Gasteiger partial charge in [0.15, 0.2) is 0 Å². The monoisotopic (exact) mass is 512 g/mol. The van der Waals surface area contributed by atoms with Gasteiger partial charge in [-0.05, 0) is 24.7 Å². The lowest BCUT2D eigenvalue weighted by atomic mass is 10.00. The summed E-state index contributed by atoms with van der Waals surface area (Å²) in [5, 5.41) is 9.91. The topological polar surface area (TPSA) is 72.8 Å². The first-order valence-corrected chi connectivity index (χ1v) is 15.3. The van der Waals surface area contributed by atoms with Crippen molar-refractivity contribution in [3.8, 4) is 0 Å². The maximum atomic E-state index is 11.8. The van der Waals surface area contributed by atoms with E-state index in [1.165, 1.54) is 77.0 Å². The van der Waals surface area contributed by atoms with Crippen LogP contribution in [0.4, 0.5) is 0 Å². The molecule has 0 bridgehead atoms. The molecule has 0 saturated heterocycles. The van der Waals surface area contributed by atoms with Crippen molar-refractivity contribution in [2.45, 2.75) is 162 Å². The summed E-state index contributed by atoms with van der Waals surface area (Å²) in [5.74, 6) is 1.08. The normalized spacial score (nSPS) is 13.1. The molecule has 0 radical (unpaired) electrons. The Bertz CT molecular complexity index is 505. The van der Waals surface area contributed by atoms with Crippen LogP contribution in [0.15, 0.2) is 0 Å². The van der Waals surface area contributed by atoms with Crippen LogP contribution >= 0.6 is 0 Å². The molecule has 0 aliphatic carbocycles. The molecule has 0 heterocycles. The lowest BCUT2D eigenvalue weighted by Crippen LogP contribution is -2.25. The average molecular weight is 513 g/mol. The Morgan fingerprint density at radius 1 is 0.583 bits per heavy atom. The molecule has 0 spiro atoms. The van der Waals surface area contributed by atoms with Crippen LogP contribution in [-0.2, 0) is 19.1 Å². The molecule has 1 N–H and O–H groups in total. The van der Waals surface area contributed by atoms with Gasteiger partial charge in [-0.1, -0.05) is 130 Å². The van der Waals surface area contributed by atoms with Gasteiger partial charge in [0.2, 0.25) is 0 Å². The number of carbonyl (C=O) groups excluding carboxylic acids is 2. The van der Waals surface area contributed by atoms with E-state index in [0.717, 1.165) is 50.4 Å². The highest BCUT2D eigenvalue weighted by Crippen LogP contribution is 2.15. The third-order valence-corrected chi connectivity index (χ3v) is 7.06. The number of hydrogen-bond acceptors (Lipinski definition) is 5. The summed E-state index contributed by atoms with van der Waals surface area (Å²) in [7, 11) is 0. The SMILES string of the molecule is CCC(C)CCCCCCCCC(=O)OC[C@H](O)COC(=O)CCCCCCCCCCCC(C)C. The van der Waals surface area contributed by atoms with Crippen LogP contribution in [0.25, 0.3) is 0 Å². The quantitative estimate of drug-likeness (QED) is 0.0928. The first-order chi connectivity index (χ1) is 17.3. The summed E-state index contributed by atoms with van der Waals surface area (Å²) in [6.07, 6.45) is 21.5. The van der Waals surface area contributed by atoms with Gasteiger partial charge in [0.05, 0.1) is 0 Å². The summed E-state index contributed by atoms with van der Waals surface area (Å²) >= 11 is 0. The summed E-state index contributed by atoms with van der Waals surface area (Å²) < 4.78 is 10.2. The van der Waals surface area contributed by atoms with E-state index in [-0.39, 0.29) is 25.2 Å². The molecular weight excluding hydrogens is 452 g/mol. The molecule has 36 heavy (non-hydrogen) atoms. The number of carbonyl (C=O) groups is 2. The second-order valence-electron chi connectivity index (χ2n) is 11.3. The van der Waals surface area contributed by atoms with Crippen molar-refractivity contribution in [1.82, 2.24) is 0 Å². The summed E-state index contributed by atoms with van der Waals surface area (Å²) in [6.45, 7) is 8.91. The maximum Gasteiger partial charge on any atom is 0.305 e. The smallest absolute Gasteiger partial charge is 0.305 e. The molecule has 0 aromatic heterocycles. The Morgan fingerprint density at radius 2 is 0.944 bits per heavy atom. The Balaban J connectivity index is 3.46. The molecule has 0 fully saturated rings. The fraction of sp³-hybridized carbons (Fsp3) is 0.935. The van der Waals surface area contributed by atoms with Crippen LogP contribution in [0.1, 0.15) is 156 Å². The predicted octanol–water partition coefficient (Wildman–Crippen LogP) is 8.55. The summed E-state index contributed by atoms with van der Waals surface area (Å²) in [6, 6.07) is 0. The maximum absolute atomic E-state index is 11.8. The number of aliphatic hydroxyl groups is 1. The molecule has 214 valence electrons. The highest BCUT2D eigenvalue weighted by atomic mass is 16.6. The van der Waals surface area contributed by atoms with Crippen molar-refractivity contribution in [3.05, 3.63) is 0 Å². The first kappa shape index (κ1) is 34.9. The van der Waals surface area contributed by atoms with Crippen LogP contribution in [0, 0.1) is 11.8 Å². The second-order valence-corrected chi connectivity index (χ2v) is 11.3. The highest BCUT2D eigenvalue weighted by molar-refractivity contribution is 5.69. The van der Waals surface area contributed by atoms with Gasteiger partial charge in [0.1, 0.15) is 19.3 Å². The van der Waals surface area contributed by atoms with E-state index in [9.17, 15) is 14.7 Å². The Kier molecular flexibility index (Phi) is 24.8. The van der Waals surface area contributed by atoms with Gasteiger partial charge in [0.25, 0.3) is 0 Å². The van der Waals surface area contributed by atoms with E-state index < -0.39 is 6.10 Å². The van der Waals surface area contributed by atoms with Crippen molar-refractivity contribution < 1.29 is 24.2 Å². The first-order valence-electron chi connectivity index (χ1n) is 15.3. The second kappa shape index (κ2) is 25.5. The number of ether oxygens (including phenoxy) is 2. The van der Waals surface area contributed by atoms with E-state index >= 15 is 0 Å². The molecule has 0 aromatic carbocycles. The highest BCUT2D eigenvalue weighted by Gasteiger charge is 2.12. The van der Waals surface area contributed by atoms with Crippen molar-refractivity contribution in [3.63, 3.8) is 0 Å². The summed E-state index contributed by atoms with van der Waals surface area (Å²) in [5.41, 5.74) is 0. The number of hydrogen-bond donors (Lipinski definition) is 1. The molecular formula is C31H60O5. The van der Waals surface area contributed by atoms with Crippen molar-refractivity contribution in [2.24, 2.45) is 11.8 Å². The van der Waals surface area contributed by atoms with Gasteiger partial charge in [-0.2, -0.15) is 0 Å². The van der Waals surface area contributed by atoms with E-state index in [2.05, 4.69) is 27.7 Å². The van der Waals surface area contributed by atoms with Gasteiger partial charge in [-0.15, -0.1) is 0 Å². The van der Waals surface area contributed by atoms with Gasteiger partial charge >= 0.3 is 11.9 Å². The molecule has 0 rings (SSSR count). The lowest BCUT2D eigenvalue weighted by Gasteiger charge is -2.12. The molecule has 0 aliphatic heterocycles. The number of esters is 2. The zero-order valence-corrected chi connectivity index (χ0v) is 24.4. The van der Waals surface area contributed by atoms with Gasteiger partial charge in [0, 0.05) is 12.8 Å². The van der Waals surface area contributed by atoms with E-state index in [1.807, 2.05) is 0 Å². The minimum Gasteiger partial charge on any atom is -0.463 e. The minimum atomic E-state index is -0.955. The molecule has 0 saturated carbocycles. The van der Waals surface area contributed by atoms with E-state index in [4.69, 9.17) is 9.47 Å². The molecule has 5 nitrogen and oxygen atoms in total. The van der Waals surface area contributed by atoms with Crippen LogP contribution in [0.5, 0.6) is 0 Å². The van der Waals surface area contributed by atoms with Gasteiger partial charge < -0.3 is 14.6 Å². The molecule has 5 heteroatoms. The van der Waals surface area contributed by atoms with Crippen molar-refractivity contribution in [1.29, 1.82) is 0 Å². The number of aliphatic hydroxyl groups excluding tert-OH is 1. The minimum absolute atomic E-state index is 0.112. The predicted molar refractivity (Wildman–Crippen MR) is 150 cm³/mol. The zero-order valence-electron chi connectivity index (χ0n) is 24.4. The van der Waals surface area contributed by atoms with Gasteiger partial charge in [-0.3, -0.25) is 9.59 Å². The average Bonchev–Trinajstić information content (AvgIpc) is 2.85. The molecule has 0 amide bonds. The van der Waals surface area contributed by atoms with Crippen LogP contribution < -0.4 is 0 Å². The number of unbranched alkanes of at least 4 members (excludes halogenated alkanes) is 13. The van der Waals surface area contributed by atoms with Crippen molar-refractivity contribution >= 4 is 11.9 Å². The van der Waals surface area contributed by atoms with Crippen LogP contribution in [0.3, 0.4) is 0 Å². The third kappa shape index (κ3) is 26.0.